The Morgan fingerprint density at radius 3 is 2.36 bits per heavy atom. The highest BCUT2D eigenvalue weighted by Gasteiger charge is 2.58. The average molecular weight is 179 g/mol. The lowest BCUT2D eigenvalue weighted by atomic mass is 10.1. The van der Waals surface area contributed by atoms with Gasteiger partial charge in [0.2, 0.25) is 0 Å². The second kappa shape index (κ2) is 2.43. The van der Waals surface area contributed by atoms with E-state index >= 15 is 0 Å². The number of rotatable bonds is 3. The van der Waals surface area contributed by atoms with Crippen LogP contribution in [0.2, 0.25) is 0 Å². The van der Waals surface area contributed by atoms with E-state index in [4.69, 9.17) is 10.8 Å². The summed E-state index contributed by atoms with van der Waals surface area (Å²) in [5.41, 5.74) is 4.82. The van der Waals surface area contributed by atoms with Crippen LogP contribution < -0.4 is 5.73 Å². The fraction of sp³-hybridized carbons (Fsp3) is 1.00. The summed E-state index contributed by atoms with van der Waals surface area (Å²) in [4.78, 5) is 0. The summed E-state index contributed by atoms with van der Waals surface area (Å²) in [6, 6.07) is 0. The van der Waals surface area contributed by atoms with Gasteiger partial charge in [-0.2, -0.15) is 0 Å². The fourth-order valence-electron chi connectivity index (χ4n) is 1.36. The van der Waals surface area contributed by atoms with Crippen LogP contribution in [0.3, 0.4) is 0 Å². The zero-order chi connectivity index (χ0) is 8.70. The molecule has 5 heteroatoms. The molecule has 2 atom stereocenters. The van der Waals surface area contributed by atoms with E-state index in [0.717, 1.165) is 0 Å². The van der Waals surface area contributed by atoms with Gasteiger partial charge in [0.05, 0.1) is 11.9 Å². The van der Waals surface area contributed by atoms with Crippen molar-refractivity contribution in [2.24, 2.45) is 11.1 Å². The van der Waals surface area contributed by atoms with Crippen LogP contribution in [0.25, 0.3) is 0 Å². The third-order valence-electron chi connectivity index (χ3n) is 2.35. The zero-order valence-corrected chi connectivity index (χ0v) is 7.26. The first-order chi connectivity index (χ1) is 4.96. The zero-order valence-electron chi connectivity index (χ0n) is 6.45. The van der Waals surface area contributed by atoms with Crippen molar-refractivity contribution >= 4 is 9.84 Å². The van der Waals surface area contributed by atoms with Crippen LogP contribution in [0.4, 0.5) is 0 Å². The molecule has 0 heterocycles. The molecule has 1 fully saturated rings. The molecular formula is C6H13NO3S. The first kappa shape index (κ1) is 8.96. The molecule has 0 saturated heterocycles. The molecule has 0 radical (unpaired) electrons. The molecule has 0 amide bonds. The molecule has 0 aromatic rings. The van der Waals surface area contributed by atoms with Gasteiger partial charge in [-0.05, 0) is 6.42 Å². The van der Waals surface area contributed by atoms with Crippen molar-refractivity contribution in [1.29, 1.82) is 0 Å². The molecule has 1 aliphatic carbocycles. The number of aliphatic hydroxyl groups excluding tert-OH is 1. The Morgan fingerprint density at radius 2 is 2.27 bits per heavy atom. The highest BCUT2D eigenvalue weighted by Crippen LogP contribution is 2.49. The Balaban J connectivity index is 2.73. The van der Waals surface area contributed by atoms with Crippen LogP contribution in [-0.2, 0) is 9.84 Å². The highest BCUT2D eigenvalue weighted by molar-refractivity contribution is 7.91. The highest BCUT2D eigenvalue weighted by atomic mass is 32.2. The number of nitrogens with two attached hydrogens (primary N) is 1. The van der Waals surface area contributed by atoms with Crippen molar-refractivity contribution in [2.45, 2.75) is 11.7 Å². The summed E-state index contributed by atoms with van der Waals surface area (Å²) >= 11 is 0. The van der Waals surface area contributed by atoms with Gasteiger partial charge >= 0.3 is 0 Å². The third-order valence-corrected chi connectivity index (χ3v) is 4.05. The maximum Gasteiger partial charge on any atom is 0.151 e. The molecule has 0 aromatic heterocycles. The second-order valence-electron chi connectivity index (χ2n) is 3.25. The van der Waals surface area contributed by atoms with E-state index in [1.54, 1.807) is 0 Å². The van der Waals surface area contributed by atoms with E-state index < -0.39 is 20.5 Å². The van der Waals surface area contributed by atoms with Crippen molar-refractivity contribution < 1.29 is 13.5 Å². The minimum absolute atomic E-state index is 0.124. The molecule has 0 unspecified atom stereocenters. The van der Waals surface area contributed by atoms with Gasteiger partial charge in [0.25, 0.3) is 0 Å². The van der Waals surface area contributed by atoms with Crippen LogP contribution in [0.5, 0.6) is 0 Å². The van der Waals surface area contributed by atoms with Gasteiger partial charge in [0.1, 0.15) is 0 Å². The van der Waals surface area contributed by atoms with Crippen LogP contribution in [0.15, 0.2) is 0 Å². The summed E-state index contributed by atoms with van der Waals surface area (Å²) in [5, 5.41) is 8.43. The summed E-state index contributed by atoms with van der Waals surface area (Å²) in [7, 11) is -3.00. The molecule has 0 spiro atoms. The standard InChI is InChI=1S/C6H13NO3S/c1-11(9,10)5-2-6(5,3-7)4-8/h5,8H,2-4,7H2,1H3/t5-,6+/m1/s1. The maximum absolute atomic E-state index is 11.0. The molecule has 1 rings (SSSR count). The van der Waals surface area contributed by atoms with Gasteiger partial charge in [-0.25, -0.2) is 8.42 Å². The predicted octanol–water partition coefficient (Wildman–Crippen LogP) is -1.26. The molecule has 1 saturated carbocycles. The Bertz CT molecular complexity index is 243. The van der Waals surface area contributed by atoms with E-state index in [9.17, 15) is 8.42 Å². The van der Waals surface area contributed by atoms with Gasteiger partial charge in [-0.15, -0.1) is 0 Å². The van der Waals surface area contributed by atoms with Crippen LogP contribution in [0.1, 0.15) is 6.42 Å². The molecule has 11 heavy (non-hydrogen) atoms. The lowest BCUT2D eigenvalue weighted by Gasteiger charge is -2.08. The molecule has 4 nitrogen and oxygen atoms in total. The molecule has 0 aliphatic heterocycles. The maximum atomic E-state index is 11.0. The van der Waals surface area contributed by atoms with Crippen molar-refractivity contribution in [3.05, 3.63) is 0 Å². The Labute approximate surface area is 66.3 Å². The number of hydrogen-bond acceptors (Lipinski definition) is 4. The lowest BCUT2D eigenvalue weighted by molar-refractivity contribution is 0.217. The van der Waals surface area contributed by atoms with E-state index in [1.165, 1.54) is 6.26 Å². The first-order valence-electron chi connectivity index (χ1n) is 3.46. The van der Waals surface area contributed by atoms with Crippen molar-refractivity contribution in [3.8, 4) is 0 Å². The Morgan fingerprint density at radius 1 is 1.73 bits per heavy atom. The summed E-state index contributed by atoms with van der Waals surface area (Å²) in [6.07, 6.45) is 1.70. The smallest absolute Gasteiger partial charge is 0.151 e. The van der Waals surface area contributed by atoms with E-state index in [0.29, 0.717) is 6.42 Å². The van der Waals surface area contributed by atoms with Crippen LogP contribution >= 0.6 is 0 Å². The number of aliphatic hydroxyl groups is 1. The van der Waals surface area contributed by atoms with Crippen molar-refractivity contribution in [3.63, 3.8) is 0 Å². The monoisotopic (exact) mass is 179 g/mol. The first-order valence-corrected chi connectivity index (χ1v) is 5.41. The van der Waals surface area contributed by atoms with Crippen LogP contribution in [0, 0.1) is 5.41 Å². The molecule has 66 valence electrons. The lowest BCUT2D eigenvalue weighted by Crippen LogP contribution is -2.26. The second-order valence-corrected chi connectivity index (χ2v) is 5.47. The van der Waals surface area contributed by atoms with Gasteiger partial charge in [0, 0.05) is 18.2 Å². The number of hydrogen-bond donors (Lipinski definition) is 2. The molecule has 0 aromatic carbocycles. The van der Waals surface area contributed by atoms with Gasteiger partial charge in [-0.1, -0.05) is 0 Å². The molecular weight excluding hydrogens is 166 g/mol. The number of sulfone groups is 1. The normalized spacial score (nSPS) is 37.2. The largest absolute Gasteiger partial charge is 0.396 e. The molecule has 1 aliphatic rings. The molecule has 0 bridgehead atoms. The predicted molar refractivity (Wildman–Crippen MR) is 41.8 cm³/mol. The quantitative estimate of drug-likeness (QED) is 0.566. The van der Waals surface area contributed by atoms with Gasteiger partial charge < -0.3 is 10.8 Å². The van der Waals surface area contributed by atoms with Crippen molar-refractivity contribution in [2.75, 3.05) is 19.4 Å². The van der Waals surface area contributed by atoms with Crippen LogP contribution in [-0.4, -0.2) is 38.2 Å². The van der Waals surface area contributed by atoms with E-state index in [2.05, 4.69) is 0 Å². The van der Waals surface area contributed by atoms with Gasteiger partial charge in [0.15, 0.2) is 9.84 Å². The SMILES string of the molecule is CS(=O)(=O)[C@@H]1C[C@]1(CN)CO. The Kier molecular flexibility index (Phi) is 1.98. The summed E-state index contributed by atoms with van der Waals surface area (Å²) in [6.45, 7) is 0.127. The van der Waals surface area contributed by atoms with E-state index in [1.807, 2.05) is 0 Å². The topological polar surface area (TPSA) is 80.4 Å². The van der Waals surface area contributed by atoms with Gasteiger partial charge in [-0.3, -0.25) is 0 Å². The summed E-state index contributed by atoms with van der Waals surface area (Å²) < 4.78 is 21.9. The Hall–Kier alpha value is -0.130. The minimum atomic E-state index is -3.00. The minimum Gasteiger partial charge on any atom is -0.396 e. The molecule has 3 N–H and O–H groups in total. The van der Waals surface area contributed by atoms with E-state index in [-0.39, 0.29) is 13.2 Å². The van der Waals surface area contributed by atoms with Crippen molar-refractivity contribution in [1.82, 2.24) is 0 Å². The third kappa shape index (κ3) is 1.40. The average Bonchev–Trinajstić information content (AvgIpc) is 2.61. The fourth-order valence-corrected chi connectivity index (χ4v) is 3.08. The summed E-state index contributed by atoms with van der Waals surface area (Å²) in [5.74, 6) is 0.